The Morgan fingerprint density at radius 2 is 1.89 bits per heavy atom. The SMILES string of the molecule is C=CC(=C)C1(c2ccc(OCC3CO3)cc2)C(C)=C(C=C)c2ccccc21. The van der Waals surface area contributed by atoms with Crippen molar-refractivity contribution in [2.45, 2.75) is 18.4 Å². The van der Waals surface area contributed by atoms with Gasteiger partial charge in [0.1, 0.15) is 18.5 Å². The van der Waals surface area contributed by atoms with Crippen molar-refractivity contribution in [1.29, 1.82) is 0 Å². The normalized spacial score (nSPS) is 22.9. The molecular weight excluding hydrogens is 332 g/mol. The van der Waals surface area contributed by atoms with Crippen molar-refractivity contribution < 1.29 is 9.47 Å². The Hall–Kier alpha value is -2.84. The zero-order chi connectivity index (χ0) is 19.0. The molecule has 2 atom stereocenters. The zero-order valence-electron chi connectivity index (χ0n) is 15.7. The first-order valence-electron chi connectivity index (χ1n) is 9.23. The molecule has 0 radical (unpaired) electrons. The van der Waals surface area contributed by atoms with Gasteiger partial charge in [-0.25, -0.2) is 0 Å². The van der Waals surface area contributed by atoms with E-state index in [1.165, 1.54) is 22.3 Å². The number of fused-ring (bicyclic) bond motifs is 1. The van der Waals surface area contributed by atoms with Crippen LogP contribution in [0.4, 0.5) is 0 Å². The highest BCUT2D eigenvalue weighted by atomic mass is 16.6. The first-order valence-corrected chi connectivity index (χ1v) is 9.23. The van der Waals surface area contributed by atoms with Gasteiger partial charge in [0, 0.05) is 0 Å². The van der Waals surface area contributed by atoms with Crippen molar-refractivity contribution >= 4 is 5.57 Å². The minimum absolute atomic E-state index is 0.249. The second-order valence-corrected chi connectivity index (χ2v) is 7.06. The van der Waals surface area contributed by atoms with Crippen molar-refractivity contribution in [1.82, 2.24) is 0 Å². The molecule has 136 valence electrons. The summed E-state index contributed by atoms with van der Waals surface area (Å²) in [6, 6.07) is 16.8. The van der Waals surface area contributed by atoms with E-state index >= 15 is 0 Å². The van der Waals surface area contributed by atoms with Crippen molar-refractivity contribution in [3.63, 3.8) is 0 Å². The number of hydrogen-bond donors (Lipinski definition) is 0. The topological polar surface area (TPSA) is 21.8 Å². The van der Waals surface area contributed by atoms with Gasteiger partial charge in [-0.1, -0.05) is 68.3 Å². The van der Waals surface area contributed by atoms with Crippen LogP contribution in [0.3, 0.4) is 0 Å². The Morgan fingerprint density at radius 1 is 1.19 bits per heavy atom. The molecule has 1 aliphatic heterocycles. The summed E-state index contributed by atoms with van der Waals surface area (Å²) in [7, 11) is 0. The van der Waals surface area contributed by atoms with Crippen LogP contribution in [0.5, 0.6) is 5.75 Å². The molecule has 1 aliphatic carbocycles. The van der Waals surface area contributed by atoms with E-state index < -0.39 is 5.41 Å². The minimum atomic E-state index is -0.431. The Balaban J connectivity index is 1.84. The van der Waals surface area contributed by atoms with Crippen molar-refractivity contribution in [3.8, 4) is 5.75 Å². The highest BCUT2D eigenvalue weighted by Gasteiger charge is 2.44. The molecule has 2 aliphatic rings. The molecule has 2 aromatic carbocycles. The van der Waals surface area contributed by atoms with Crippen molar-refractivity contribution in [2.75, 3.05) is 13.2 Å². The Bertz CT molecular complexity index is 945. The highest BCUT2D eigenvalue weighted by Crippen LogP contribution is 2.54. The van der Waals surface area contributed by atoms with Gasteiger partial charge in [-0.3, -0.25) is 0 Å². The lowest BCUT2D eigenvalue weighted by molar-refractivity contribution is 0.263. The second-order valence-electron chi connectivity index (χ2n) is 7.06. The number of epoxide rings is 1. The van der Waals surface area contributed by atoms with Gasteiger partial charge in [0.2, 0.25) is 0 Å². The van der Waals surface area contributed by atoms with Crippen LogP contribution in [0.25, 0.3) is 5.57 Å². The van der Waals surface area contributed by atoms with Crippen LogP contribution in [0.2, 0.25) is 0 Å². The fraction of sp³-hybridized carbons (Fsp3) is 0.200. The van der Waals surface area contributed by atoms with E-state index in [1.54, 1.807) is 0 Å². The molecule has 0 spiro atoms. The fourth-order valence-corrected chi connectivity index (χ4v) is 4.19. The number of allylic oxidation sites excluding steroid dienone is 5. The standard InChI is InChI=1S/C25H24O2/c1-5-17(3)25(18(4)22(6-2)23-9-7-8-10-24(23)25)19-11-13-20(14-12-19)26-15-21-16-27-21/h5-14,21H,1-3,15-16H2,4H3. The average molecular weight is 356 g/mol. The van der Waals surface area contributed by atoms with Crippen LogP contribution >= 0.6 is 0 Å². The smallest absolute Gasteiger partial charge is 0.119 e. The van der Waals surface area contributed by atoms with Gasteiger partial charge >= 0.3 is 0 Å². The van der Waals surface area contributed by atoms with Gasteiger partial charge in [-0.05, 0) is 52.5 Å². The van der Waals surface area contributed by atoms with E-state index in [1.807, 2.05) is 24.3 Å². The van der Waals surface area contributed by atoms with Crippen LogP contribution in [0.15, 0.2) is 91.6 Å². The summed E-state index contributed by atoms with van der Waals surface area (Å²) in [4.78, 5) is 0. The predicted molar refractivity (Wildman–Crippen MR) is 111 cm³/mol. The van der Waals surface area contributed by atoms with E-state index in [0.717, 1.165) is 23.5 Å². The lowest BCUT2D eigenvalue weighted by Gasteiger charge is -2.34. The van der Waals surface area contributed by atoms with Crippen molar-refractivity contribution in [2.24, 2.45) is 0 Å². The first kappa shape index (κ1) is 17.6. The number of hydrogen-bond acceptors (Lipinski definition) is 2. The van der Waals surface area contributed by atoms with Gasteiger partial charge in [0.25, 0.3) is 0 Å². The van der Waals surface area contributed by atoms with Gasteiger partial charge < -0.3 is 9.47 Å². The second kappa shape index (κ2) is 6.71. The third-order valence-corrected chi connectivity index (χ3v) is 5.65. The number of rotatable bonds is 7. The minimum Gasteiger partial charge on any atom is -0.491 e. The van der Waals surface area contributed by atoms with E-state index in [4.69, 9.17) is 9.47 Å². The number of benzene rings is 2. The maximum atomic E-state index is 5.81. The average Bonchev–Trinajstić information content (AvgIpc) is 3.50. The van der Waals surface area contributed by atoms with Crippen LogP contribution in [0.1, 0.15) is 23.6 Å². The van der Waals surface area contributed by atoms with Gasteiger partial charge in [0.15, 0.2) is 0 Å². The summed E-state index contributed by atoms with van der Waals surface area (Å²) in [6.45, 7) is 16.0. The molecule has 27 heavy (non-hydrogen) atoms. The molecule has 2 aromatic rings. The maximum absolute atomic E-state index is 5.81. The molecule has 0 aromatic heterocycles. The molecule has 0 bridgehead atoms. The molecule has 0 saturated carbocycles. The van der Waals surface area contributed by atoms with E-state index in [0.29, 0.717) is 6.61 Å². The van der Waals surface area contributed by atoms with Crippen LogP contribution in [0, 0.1) is 0 Å². The van der Waals surface area contributed by atoms with E-state index in [-0.39, 0.29) is 6.10 Å². The summed E-state index contributed by atoms with van der Waals surface area (Å²) >= 11 is 0. The van der Waals surface area contributed by atoms with E-state index in [2.05, 4.69) is 63.1 Å². The monoisotopic (exact) mass is 356 g/mol. The molecule has 2 nitrogen and oxygen atoms in total. The summed E-state index contributed by atoms with van der Waals surface area (Å²) in [5, 5.41) is 0. The van der Waals surface area contributed by atoms with Crippen LogP contribution < -0.4 is 4.74 Å². The summed E-state index contributed by atoms with van der Waals surface area (Å²) in [5.74, 6) is 0.852. The fourth-order valence-electron chi connectivity index (χ4n) is 4.19. The lowest BCUT2D eigenvalue weighted by Crippen LogP contribution is -2.28. The quantitative estimate of drug-likeness (QED) is 0.485. The Kier molecular flexibility index (Phi) is 4.37. The molecule has 2 unspecified atom stereocenters. The molecule has 2 heteroatoms. The molecule has 0 amide bonds. The summed E-state index contributed by atoms with van der Waals surface area (Å²) in [5.41, 5.74) is 6.51. The molecule has 1 fully saturated rings. The highest BCUT2D eigenvalue weighted by molar-refractivity contribution is 5.89. The predicted octanol–water partition coefficient (Wildman–Crippen LogP) is 5.47. The molecule has 1 heterocycles. The Morgan fingerprint density at radius 3 is 2.52 bits per heavy atom. The van der Waals surface area contributed by atoms with Crippen LogP contribution in [-0.2, 0) is 10.2 Å². The van der Waals surface area contributed by atoms with Crippen LogP contribution in [-0.4, -0.2) is 19.3 Å². The third kappa shape index (κ3) is 2.68. The van der Waals surface area contributed by atoms with Gasteiger partial charge in [-0.15, -0.1) is 0 Å². The Labute approximate surface area is 161 Å². The summed E-state index contributed by atoms with van der Waals surface area (Å²) < 4.78 is 11.0. The number of ether oxygens (including phenoxy) is 2. The molecular formula is C25H24O2. The molecule has 1 saturated heterocycles. The first-order chi connectivity index (χ1) is 13.1. The van der Waals surface area contributed by atoms with Gasteiger partial charge in [-0.2, -0.15) is 0 Å². The third-order valence-electron chi connectivity index (χ3n) is 5.65. The largest absolute Gasteiger partial charge is 0.491 e. The van der Waals surface area contributed by atoms with Gasteiger partial charge in [0.05, 0.1) is 12.0 Å². The lowest BCUT2D eigenvalue weighted by atomic mass is 9.67. The molecule has 4 rings (SSSR count). The maximum Gasteiger partial charge on any atom is 0.119 e. The summed E-state index contributed by atoms with van der Waals surface area (Å²) in [6.07, 6.45) is 4.05. The molecule has 0 N–H and O–H groups in total. The zero-order valence-corrected chi connectivity index (χ0v) is 15.7. The van der Waals surface area contributed by atoms with Crippen molar-refractivity contribution in [3.05, 3.63) is 108 Å². The van der Waals surface area contributed by atoms with E-state index in [9.17, 15) is 0 Å².